The van der Waals surface area contributed by atoms with E-state index < -0.39 is 12.1 Å². The number of aliphatic hydroxyl groups excluding tert-OH is 1. The first-order chi connectivity index (χ1) is 15.5. The molecule has 1 amide bonds. The fourth-order valence-electron chi connectivity index (χ4n) is 4.02. The fraction of sp³-hybridized carbons (Fsp3) is 0.333. The molecule has 8 heteroatoms. The fourth-order valence-corrected chi connectivity index (χ4v) is 4.02. The molecule has 32 heavy (non-hydrogen) atoms. The van der Waals surface area contributed by atoms with Gasteiger partial charge in [0.15, 0.2) is 6.10 Å². The van der Waals surface area contributed by atoms with E-state index in [-0.39, 0.29) is 18.3 Å². The maximum atomic E-state index is 13.3. The minimum atomic E-state index is -0.677. The van der Waals surface area contributed by atoms with E-state index in [1.165, 1.54) is 12.1 Å². The van der Waals surface area contributed by atoms with E-state index >= 15 is 0 Å². The Morgan fingerprint density at radius 2 is 2.03 bits per heavy atom. The molecule has 168 valence electrons. The van der Waals surface area contributed by atoms with Crippen LogP contribution in [0.25, 0.3) is 5.69 Å². The summed E-state index contributed by atoms with van der Waals surface area (Å²) in [6.07, 6.45) is 4.23. The standard InChI is InChI=1S/C24H26FN3O4/c1-16-13-27(15-26-16)20-10-9-19(12-23(20)31-2)32-22-4-3-11-28(24(22)30)21(14-29)17-5-7-18(25)8-6-17/h5-10,12-13,15,21-22,29H,3-4,11,14H2,1-2H3. The Balaban J connectivity index is 1.52. The van der Waals surface area contributed by atoms with Gasteiger partial charge in [-0.2, -0.15) is 0 Å². The number of carbonyl (C=O) groups excluding carboxylic acids is 1. The highest BCUT2D eigenvalue weighted by Gasteiger charge is 2.35. The van der Waals surface area contributed by atoms with E-state index in [4.69, 9.17) is 9.47 Å². The zero-order chi connectivity index (χ0) is 22.7. The number of nitrogens with zero attached hydrogens (tertiary/aromatic N) is 3. The van der Waals surface area contributed by atoms with Gasteiger partial charge < -0.3 is 24.0 Å². The molecule has 0 aliphatic carbocycles. The molecule has 0 saturated carbocycles. The lowest BCUT2D eigenvalue weighted by molar-refractivity contribution is -0.146. The SMILES string of the molecule is COc1cc(OC2CCCN(C(CO)c3ccc(F)cc3)C2=O)ccc1-n1cnc(C)c1. The number of aromatic nitrogens is 2. The number of carbonyl (C=O) groups is 1. The van der Waals surface area contributed by atoms with Crippen molar-refractivity contribution < 1.29 is 23.8 Å². The van der Waals surface area contributed by atoms with Crippen LogP contribution in [0.2, 0.25) is 0 Å². The first kappa shape index (κ1) is 21.8. The first-order valence-electron chi connectivity index (χ1n) is 10.5. The number of aliphatic hydroxyl groups is 1. The van der Waals surface area contributed by atoms with Crippen molar-refractivity contribution in [2.45, 2.75) is 31.9 Å². The van der Waals surface area contributed by atoms with Crippen molar-refractivity contribution in [3.63, 3.8) is 0 Å². The third-order valence-corrected chi connectivity index (χ3v) is 5.65. The van der Waals surface area contributed by atoms with Gasteiger partial charge in [-0.3, -0.25) is 4.79 Å². The maximum Gasteiger partial charge on any atom is 0.264 e. The van der Waals surface area contributed by atoms with E-state index in [1.807, 2.05) is 23.8 Å². The molecule has 7 nitrogen and oxygen atoms in total. The second-order valence-electron chi connectivity index (χ2n) is 7.79. The molecular formula is C24H26FN3O4. The van der Waals surface area contributed by atoms with Crippen LogP contribution in [0.15, 0.2) is 55.0 Å². The predicted octanol–water partition coefficient (Wildman–Crippen LogP) is 3.43. The van der Waals surface area contributed by atoms with Crippen LogP contribution >= 0.6 is 0 Å². The summed E-state index contributed by atoms with van der Waals surface area (Å²) in [7, 11) is 1.58. The van der Waals surface area contributed by atoms with Crippen molar-refractivity contribution in [2.75, 3.05) is 20.3 Å². The Bertz CT molecular complexity index is 1080. The minimum absolute atomic E-state index is 0.201. The molecule has 1 aliphatic heterocycles. The highest BCUT2D eigenvalue weighted by atomic mass is 19.1. The van der Waals surface area contributed by atoms with Gasteiger partial charge >= 0.3 is 0 Å². The van der Waals surface area contributed by atoms with Crippen LogP contribution in [0.4, 0.5) is 4.39 Å². The van der Waals surface area contributed by atoms with Crippen LogP contribution in [-0.2, 0) is 4.79 Å². The molecule has 2 unspecified atom stereocenters. The second kappa shape index (κ2) is 9.40. The average molecular weight is 439 g/mol. The zero-order valence-corrected chi connectivity index (χ0v) is 18.1. The first-order valence-corrected chi connectivity index (χ1v) is 10.5. The number of aryl methyl sites for hydroxylation is 1. The number of halogens is 1. The van der Waals surface area contributed by atoms with Crippen molar-refractivity contribution in [3.05, 3.63) is 72.1 Å². The van der Waals surface area contributed by atoms with Crippen LogP contribution in [-0.4, -0.2) is 51.8 Å². The van der Waals surface area contributed by atoms with Gasteiger partial charge in [-0.25, -0.2) is 9.37 Å². The number of hydrogen-bond acceptors (Lipinski definition) is 5. The van der Waals surface area contributed by atoms with Gasteiger partial charge in [0.25, 0.3) is 5.91 Å². The van der Waals surface area contributed by atoms with E-state index in [0.717, 1.165) is 17.8 Å². The Morgan fingerprint density at radius 1 is 1.25 bits per heavy atom. The molecule has 1 aliphatic rings. The van der Waals surface area contributed by atoms with Crippen molar-refractivity contribution >= 4 is 5.91 Å². The van der Waals surface area contributed by atoms with Gasteiger partial charge in [0.1, 0.15) is 17.3 Å². The van der Waals surface area contributed by atoms with Crippen molar-refractivity contribution in [1.29, 1.82) is 0 Å². The van der Waals surface area contributed by atoms with Crippen LogP contribution in [0.1, 0.15) is 30.1 Å². The molecule has 2 heterocycles. The highest BCUT2D eigenvalue weighted by molar-refractivity contribution is 5.82. The van der Waals surface area contributed by atoms with Crippen LogP contribution < -0.4 is 9.47 Å². The van der Waals surface area contributed by atoms with Crippen molar-refractivity contribution in [2.24, 2.45) is 0 Å². The van der Waals surface area contributed by atoms with Gasteiger partial charge in [-0.15, -0.1) is 0 Å². The summed E-state index contributed by atoms with van der Waals surface area (Å²) >= 11 is 0. The molecule has 0 spiro atoms. The molecule has 0 radical (unpaired) electrons. The van der Waals surface area contributed by atoms with Crippen LogP contribution in [0, 0.1) is 12.7 Å². The van der Waals surface area contributed by atoms with Gasteiger partial charge in [-0.05, 0) is 49.6 Å². The third kappa shape index (κ3) is 4.45. The molecule has 0 bridgehead atoms. The number of amides is 1. The largest absolute Gasteiger partial charge is 0.494 e. The molecule has 3 aromatic rings. The van der Waals surface area contributed by atoms with Gasteiger partial charge in [-0.1, -0.05) is 12.1 Å². The number of ether oxygens (including phenoxy) is 2. The van der Waals surface area contributed by atoms with Crippen molar-refractivity contribution in [1.82, 2.24) is 14.5 Å². The topological polar surface area (TPSA) is 76.8 Å². The lowest BCUT2D eigenvalue weighted by atomic mass is 10.00. The number of hydrogen-bond donors (Lipinski definition) is 1. The van der Waals surface area contributed by atoms with Gasteiger partial charge in [0.05, 0.1) is 37.5 Å². The summed E-state index contributed by atoms with van der Waals surface area (Å²) in [6.45, 7) is 2.16. The predicted molar refractivity (Wildman–Crippen MR) is 116 cm³/mol. The van der Waals surface area contributed by atoms with Gasteiger partial charge in [0.2, 0.25) is 0 Å². The summed E-state index contributed by atoms with van der Waals surface area (Å²) in [5.74, 6) is 0.553. The molecule has 2 atom stereocenters. The van der Waals surface area contributed by atoms with Gasteiger partial charge in [0, 0.05) is 18.8 Å². The third-order valence-electron chi connectivity index (χ3n) is 5.65. The Hall–Kier alpha value is -3.39. The molecule has 1 fully saturated rings. The molecule has 2 aromatic carbocycles. The van der Waals surface area contributed by atoms with Crippen LogP contribution in [0.5, 0.6) is 11.5 Å². The lowest BCUT2D eigenvalue weighted by Crippen LogP contribution is -2.49. The molecule has 1 aromatic heterocycles. The summed E-state index contributed by atoms with van der Waals surface area (Å²) in [5, 5.41) is 9.95. The normalized spacial score (nSPS) is 17.3. The summed E-state index contributed by atoms with van der Waals surface area (Å²) in [5.41, 5.74) is 2.39. The Morgan fingerprint density at radius 3 is 2.69 bits per heavy atom. The molecule has 4 rings (SSSR count). The number of rotatable bonds is 7. The Labute approximate surface area is 186 Å². The number of benzene rings is 2. The highest BCUT2D eigenvalue weighted by Crippen LogP contribution is 2.31. The summed E-state index contributed by atoms with van der Waals surface area (Å²) in [4.78, 5) is 19.0. The zero-order valence-electron chi connectivity index (χ0n) is 18.1. The monoisotopic (exact) mass is 439 g/mol. The van der Waals surface area contributed by atoms with Crippen molar-refractivity contribution in [3.8, 4) is 17.2 Å². The summed E-state index contributed by atoms with van der Waals surface area (Å²) in [6, 6.07) is 10.7. The lowest BCUT2D eigenvalue weighted by Gasteiger charge is -2.37. The Kier molecular flexibility index (Phi) is 6.41. The van der Waals surface area contributed by atoms with E-state index in [0.29, 0.717) is 30.0 Å². The maximum absolute atomic E-state index is 13.3. The number of piperidine rings is 1. The second-order valence-corrected chi connectivity index (χ2v) is 7.79. The molecular weight excluding hydrogens is 413 g/mol. The quantitative estimate of drug-likeness (QED) is 0.610. The summed E-state index contributed by atoms with van der Waals surface area (Å²) < 4.78 is 26.7. The number of methoxy groups -OCH3 is 1. The van der Waals surface area contributed by atoms with E-state index in [9.17, 15) is 14.3 Å². The number of imidazole rings is 1. The van der Waals surface area contributed by atoms with E-state index in [2.05, 4.69) is 4.98 Å². The van der Waals surface area contributed by atoms with Crippen LogP contribution in [0.3, 0.4) is 0 Å². The number of likely N-dealkylation sites (tertiary alicyclic amines) is 1. The molecule has 1 N–H and O–H groups in total. The van der Waals surface area contributed by atoms with E-state index in [1.54, 1.807) is 42.6 Å². The molecule has 1 saturated heterocycles. The minimum Gasteiger partial charge on any atom is -0.494 e. The smallest absolute Gasteiger partial charge is 0.264 e. The average Bonchev–Trinajstić information content (AvgIpc) is 3.23.